The highest BCUT2D eigenvalue weighted by molar-refractivity contribution is 6.59. The number of ether oxygens (including phenoxy) is 1. The van der Waals surface area contributed by atoms with Crippen molar-refractivity contribution in [3.05, 3.63) is 29.8 Å². The van der Waals surface area contributed by atoms with Crippen LogP contribution in [0.2, 0.25) is 0 Å². The molecule has 0 aromatic heterocycles. The Bertz CT molecular complexity index is 386. The highest BCUT2D eigenvalue weighted by Gasteiger charge is 2.26. The van der Waals surface area contributed by atoms with Gasteiger partial charge in [-0.1, -0.05) is 24.3 Å². The third-order valence-corrected chi connectivity index (χ3v) is 3.56. The van der Waals surface area contributed by atoms with Gasteiger partial charge in [0.25, 0.3) is 0 Å². The van der Waals surface area contributed by atoms with E-state index in [0.717, 1.165) is 31.7 Å². The van der Waals surface area contributed by atoms with Crippen molar-refractivity contribution in [1.82, 2.24) is 4.90 Å². The van der Waals surface area contributed by atoms with Crippen LogP contribution in [0.4, 0.5) is 0 Å². The summed E-state index contributed by atoms with van der Waals surface area (Å²) in [7, 11) is 0.326. The molecule has 0 amide bonds. The predicted molar refractivity (Wildman–Crippen MR) is 71.6 cm³/mol. The summed E-state index contributed by atoms with van der Waals surface area (Å²) < 4.78 is 5.23. The van der Waals surface area contributed by atoms with Crippen LogP contribution >= 0.6 is 0 Å². The standard InChI is InChI=1S/C13H20BNO3/c1-18-10-12-6-4-8-15(12)9-11-5-2-3-7-13(11)14(16)17/h2-3,5,7,12,16-17H,4,6,8-10H2,1H3/t12-/m0/s1. The Labute approximate surface area is 108 Å². The molecule has 1 aromatic rings. The second-order valence-corrected chi connectivity index (χ2v) is 4.79. The molecule has 1 aliphatic heterocycles. The maximum absolute atomic E-state index is 9.36. The van der Waals surface area contributed by atoms with E-state index in [1.807, 2.05) is 18.2 Å². The van der Waals surface area contributed by atoms with Crippen LogP contribution in [0.1, 0.15) is 18.4 Å². The minimum atomic E-state index is -1.40. The maximum atomic E-state index is 9.36. The second kappa shape index (κ2) is 6.34. The van der Waals surface area contributed by atoms with Crippen molar-refractivity contribution in [2.75, 3.05) is 20.3 Å². The highest BCUT2D eigenvalue weighted by atomic mass is 16.5. The van der Waals surface area contributed by atoms with E-state index in [0.29, 0.717) is 11.5 Å². The van der Waals surface area contributed by atoms with Gasteiger partial charge in [-0.25, -0.2) is 0 Å². The zero-order chi connectivity index (χ0) is 13.0. The number of nitrogens with zero attached hydrogens (tertiary/aromatic N) is 1. The highest BCUT2D eigenvalue weighted by Crippen LogP contribution is 2.19. The summed E-state index contributed by atoms with van der Waals surface area (Å²) in [5.74, 6) is 0. The molecule has 0 unspecified atom stereocenters. The lowest BCUT2D eigenvalue weighted by atomic mass is 9.77. The first kappa shape index (κ1) is 13.6. The van der Waals surface area contributed by atoms with Gasteiger partial charge >= 0.3 is 7.12 Å². The molecule has 1 saturated heterocycles. The fraction of sp³-hybridized carbons (Fsp3) is 0.538. The molecule has 98 valence electrons. The van der Waals surface area contributed by atoms with Gasteiger partial charge < -0.3 is 14.8 Å². The van der Waals surface area contributed by atoms with Crippen molar-refractivity contribution >= 4 is 12.6 Å². The minimum absolute atomic E-state index is 0.443. The van der Waals surface area contributed by atoms with Gasteiger partial charge in [0.1, 0.15) is 0 Å². The van der Waals surface area contributed by atoms with E-state index >= 15 is 0 Å². The van der Waals surface area contributed by atoms with Gasteiger partial charge in [0, 0.05) is 19.7 Å². The van der Waals surface area contributed by atoms with Gasteiger partial charge in [0.2, 0.25) is 0 Å². The number of hydrogen-bond acceptors (Lipinski definition) is 4. The van der Waals surface area contributed by atoms with Crippen LogP contribution in [0.5, 0.6) is 0 Å². The molecule has 0 radical (unpaired) electrons. The van der Waals surface area contributed by atoms with E-state index in [1.165, 1.54) is 6.42 Å². The second-order valence-electron chi connectivity index (χ2n) is 4.79. The summed E-state index contributed by atoms with van der Waals surface area (Å²) in [5, 5.41) is 18.7. The number of likely N-dealkylation sites (tertiary alicyclic amines) is 1. The first-order valence-electron chi connectivity index (χ1n) is 6.39. The summed E-state index contributed by atoms with van der Waals surface area (Å²) in [6.07, 6.45) is 2.33. The molecule has 18 heavy (non-hydrogen) atoms. The van der Waals surface area contributed by atoms with E-state index in [1.54, 1.807) is 13.2 Å². The van der Waals surface area contributed by atoms with Crippen LogP contribution in [-0.2, 0) is 11.3 Å². The van der Waals surface area contributed by atoms with Gasteiger partial charge in [-0.2, -0.15) is 0 Å². The van der Waals surface area contributed by atoms with E-state index in [-0.39, 0.29) is 0 Å². The minimum Gasteiger partial charge on any atom is -0.423 e. The Hall–Kier alpha value is -0.875. The number of rotatable bonds is 5. The summed E-state index contributed by atoms with van der Waals surface area (Å²) in [4.78, 5) is 2.35. The summed E-state index contributed by atoms with van der Waals surface area (Å²) in [6.45, 7) is 2.54. The average Bonchev–Trinajstić information content (AvgIpc) is 2.78. The largest absolute Gasteiger partial charge is 0.488 e. The molecule has 5 heteroatoms. The SMILES string of the molecule is COC[C@@H]1CCCN1Cc1ccccc1B(O)O. The third-order valence-electron chi connectivity index (χ3n) is 3.56. The number of methoxy groups -OCH3 is 1. The first-order valence-corrected chi connectivity index (χ1v) is 6.39. The number of benzene rings is 1. The zero-order valence-corrected chi connectivity index (χ0v) is 10.7. The van der Waals surface area contributed by atoms with Gasteiger partial charge in [-0.05, 0) is 30.4 Å². The van der Waals surface area contributed by atoms with Gasteiger partial charge in [-0.15, -0.1) is 0 Å². The molecule has 0 spiro atoms. The topological polar surface area (TPSA) is 52.9 Å². The van der Waals surface area contributed by atoms with Crippen LogP contribution in [0, 0.1) is 0 Å². The summed E-state index contributed by atoms with van der Waals surface area (Å²) in [5.41, 5.74) is 1.58. The monoisotopic (exact) mass is 249 g/mol. The molecule has 0 saturated carbocycles. The quantitative estimate of drug-likeness (QED) is 0.720. The molecule has 0 aliphatic carbocycles. The predicted octanol–water partition coefficient (Wildman–Crippen LogP) is -0.0228. The first-order chi connectivity index (χ1) is 8.72. The van der Waals surface area contributed by atoms with E-state index in [9.17, 15) is 10.0 Å². The van der Waals surface area contributed by atoms with Crippen LogP contribution in [0.15, 0.2) is 24.3 Å². The molecule has 1 atom stereocenters. The third kappa shape index (κ3) is 3.11. The molecule has 1 fully saturated rings. The van der Waals surface area contributed by atoms with Crippen molar-refractivity contribution in [3.8, 4) is 0 Å². The Morgan fingerprint density at radius 2 is 2.17 bits per heavy atom. The lowest BCUT2D eigenvalue weighted by Gasteiger charge is -2.24. The van der Waals surface area contributed by atoms with Crippen LogP contribution in [0.25, 0.3) is 0 Å². The van der Waals surface area contributed by atoms with E-state index < -0.39 is 7.12 Å². The van der Waals surface area contributed by atoms with Crippen molar-refractivity contribution in [3.63, 3.8) is 0 Å². The Morgan fingerprint density at radius 3 is 2.89 bits per heavy atom. The molecular formula is C13H20BNO3. The molecule has 2 N–H and O–H groups in total. The molecule has 4 nitrogen and oxygen atoms in total. The fourth-order valence-electron chi connectivity index (χ4n) is 2.63. The lowest BCUT2D eigenvalue weighted by molar-refractivity contribution is 0.112. The molecule has 1 aliphatic rings. The Balaban J connectivity index is 2.09. The molecule has 1 heterocycles. The summed E-state index contributed by atoms with van der Waals surface area (Å²) in [6, 6.07) is 7.93. The maximum Gasteiger partial charge on any atom is 0.488 e. The molecule has 0 bridgehead atoms. The van der Waals surface area contributed by atoms with Crippen molar-refractivity contribution in [2.45, 2.75) is 25.4 Å². The van der Waals surface area contributed by atoms with Crippen molar-refractivity contribution in [1.29, 1.82) is 0 Å². The smallest absolute Gasteiger partial charge is 0.423 e. The van der Waals surface area contributed by atoms with Gasteiger partial charge in [-0.3, -0.25) is 4.90 Å². The van der Waals surface area contributed by atoms with Crippen molar-refractivity contribution < 1.29 is 14.8 Å². The lowest BCUT2D eigenvalue weighted by Crippen LogP contribution is -2.38. The van der Waals surface area contributed by atoms with Crippen LogP contribution in [0.3, 0.4) is 0 Å². The van der Waals surface area contributed by atoms with Crippen LogP contribution < -0.4 is 5.46 Å². The van der Waals surface area contributed by atoms with Gasteiger partial charge in [0.15, 0.2) is 0 Å². The van der Waals surface area contributed by atoms with E-state index in [2.05, 4.69) is 4.90 Å². The molecular weight excluding hydrogens is 229 g/mol. The van der Waals surface area contributed by atoms with Crippen molar-refractivity contribution in [2.24, 2.45) is 0 Å². The Kier molecular flexibility index (Phi) is 4.77. The number of hydrogen-bond donors (Lipinski definition) is 2. The van der Waals surface area contributed by atoms with Crippen LogP contribution in [-0.4, -0.2) is 48.4 Å². The average molecular weight is 249 g/mol. The van der Waals surface area contributed by atoms with Gasteiger partial charge in [0.05, 0.1) is 6.61 Å². The summed E-state index contributed by atoms with van der Waals surface area (Å²) >= 11 is 0. The van der Waals surface area contributed by atoms with E-state index in [4.69, 9.17) is 4.74 Å². The molecule has 2 rings (SSSR count). The zero-order valence-electron chi connectivity index (χ0n) is 10.7. The fourth-order valence-corrected chi connectivity index (χ4v) is 2.63. The Morgan fingerprint density at radius 1 is 1.39 bits per heavy atom. The molecule has 1 aromatic carbocycles. The normalized spacial score (nSPS) is 20.3.